The van der Waals surface area contributed by atoms with E-state index in [0.717, 1.165) is 41.4 Å². The Balaban J connectivity index is 1.49. The number of benzene rings is 1. The highest BCUT2D eigenvalue weighted by molar-refractivity contribution is 7.98. The van der Waals surface area contributed by atoms with E-state index in [1.165, 1.54) is 30.6 Å². The first-order valence-electron chi connectivity index (χ1n) is 10.4. The Bertz CT molecular complexity index is 995. The fourth-order valence-corrected chi connectivity index (χ4v) is 5.70. The summed E-state index contributed by atoms with van der Waals surface area (Å²) in [6, 6.07) is 8.40. The highest BCUT2D eigenvalue weighted by Gasteiger charge is 2.22. The second kappa shape index (κ2) is 9.70. The molecule has 0 unspecified atom stereocenters. The number of aryl methyl sites for hydroxylation is 1. The number of para-hydroxylation sites is 1. The minimum absolute atomic E-state index is 0.0364. The Morgan fingerprint density at radius 3 is 2.83 bits per heavy atom. The lowest BCUT2D eigenvalue weighted by Gasteiger charge is -2.22. The maximum atomic E-state index is 12.4. The summed E-state index contributed by atoms with van der Waals surface area (Å²) in [4.78, 5) is 18.9. The molecule has 0 bridgehead atoms. The molecule has 0 saturated heterocycles. The lowest BCUT2D eigenvalue weighted by Crippen LogP contribution is -2.23. The largest absolute Gasteiger partial charge is 0.274 e. The Hall–Kier alpha value is -2.26. The molecule has 158 valence electrons. The minimum Gasteiger partial charge on any atom is -0.274 e. The number of carbonyl (C=O) groups excluding carboxylic acids is 1. The number of carbonyl (C=O) groups is 1. The van der Waals surface area contributed by atoms with E-state index >= 15 is 0 Å². The maximum absolute atomic E-state index is 12.4. The maximum Gasteiger partial charge on any atom is 0.230 e. The van der Waals surface area contributed by atoms with Crippen molar-refractivity contribution in [3.8, 4) is 0 Å². The van der Waals surface area contributed by atoms with Gasteiger partial charge < -0.3 is 0 Å². The summed E-state index contributed by atoms with van der Waals surface area (Å²) < 4.78 is 1.98. The molecule has 0 atom stereocenters. The zero-order valence-corrected chi connectivity index (χ0v) is 19.0. The van der Waals surface area contributed by atoms with Gasteiger partial charge in [0.15, 0.2) is 5.13 Å². The smallest absolute Gasteiger partial charge is 0.230 e. The molecular weight excluding hydrogens is 416 g/mol. The molecule has 4 rings (SSSR count). The van der Waals surface area contributed by atoms with Gasteiger partial charge in [-0.3, -0.25) is 9.69 Å². The van der Waals surface area contributed by atoms with Gasteiger partial charge in [-0.1, -0.05) is 56.1 Å². The van der Waals surface area contributed by atoms with Crippen LogP contribution in [-0.2, 0) is 17.0 Å². The number of amides is 1. The van der Waals surface area contributed by atoms with Crippen LogP contribution in [0.25, 0.3) is 0 Å². The fourth-order valence-electron chi connectivity index (χ4n) is 3.87. The molecule has 1 fully saturated rings. The van der Waals surface area contributed by atoms with Crippen molar-refractivity contribution in [3.05, 3.63) is 40.9 Å². The number of rotatable bonds is 7. The first kappa shape index (κ1) is 21.0. The van der Waals surface area contributed by atoms with E-state index in [1.54, 1.807) is 23.6 Å². The summed E-state index contributed by atoms with van der Waals surface area (Å²) >= 11 is 3.10. The third kappa shape index (κ3) is 4.57. The number of tetrazole rings is 1. The minimum atomic E-state index is -0.0364. The molecule has 9 heteroatoms. The van der Waals surface area contributed by atoms with E-state index in [9.17, 15) is 4.79 Å². The molecule has 1 saturated carbocycles. The summed E-state index contributed by atoms with van der Waals surface area (Å²) in [5.74, 6) is 0.635. The van der Waals surface area contributed by atoms with Crippen LogP contribution in [0.5, 0.6) is 0 Å². The molecule has 0 N–H and O–H groups in total. The van der Waals surface area contributed by atoms with Crippen molar-refractivity contribution < 1.29 is 4.79 Å². The summed E-state index contributed by atoms with van der Waals surface area (Å²) in [7, 11) is 0. The molecule has 30 heavy (non-hydrogen) atoms. The number of nitrogens with zero attached hydrogens (tertiary/aromatic N) is 6. The van der Waals surface area contributed by atoms with E-state index in [4.69, 9.17) is 4.98 Å². The van der Waals surface area contributed by atoms with Crippen LogP contribution in [0.2, 0.25) is 0 Å². The van der Waals surface area contributed by atoms with E-state index in [-0.39, 0.29) is 5.91 Å². The normalized spacial score (nSPS) is 14.7. The molecule has 0 aliphatic heterocycles. The summed E-state index contributed by atoms with van der Waals surface area (Å²) in [5, 5.41) is 15.9. The predicted molar refractivity (Wildman–Crippen MR) is 120 cm³/mol. The van der Waals surface area contributed by atoms with Crippen molar-refractivity contribution >= 4 is 39.8 Å². The standard InChI is InChI=1S/C21H26N6OS2/c1-3-16-9-7-8-12-19(16)26(15(2)28)20-22-17(13-29-20)14-30-21-23-24-25-27(21)18-10-5-4-6-11-18/h7-9,12-13,18H,3-6,10-11,14H2,1-2H3. The summed E-state index contributed by atoms with van der Waals surface area (Å²) in [5.41, 5.74) is 2.96. The molecule has 1 aliphatic rings. The molecule has 0 spiro atoms. The summed E-state index contributed by atoms with van der Waals surface area (Å²) in [6.07, 6.45) is 6.93. The van der Waals surface area contributed by atoms with Crippen molar-refractivity contribution in [2.24, 2.45) is 0 Å². The van der Waals surface area contributed by atoms with Crippen LogP contribution in [0, 0.1) is 0 Å². The van der Waals surface area contributed by atoms with Gasteiger partial charge in [0, 0.05) is 18.1 Å². The molecule has 2 aromatic heterocycles. The van der Waals surface area contributed by atoms with E-state index in [0.29, 0.717) is 16.9 Å². The molecule has 1 aliphatic carbocycles. The average molecular weight is 443 g/mol. The SMILES string of the molecule is CCc1ccccc1N(C(C)=O)c1nc(CSc2nnnn2C2CCCCC2)cs1. The van der Waals surface area contributed by atoms with Crippen LogP contribution in [0.3, 0.4) is 0 Å². The van der Waals surface area contributed by atoms with Crippen LogP contribution < -0.4 is 4.90 Å². The number of hydrogen-bond acceptors (Lipinski definition) is 7. The topological polar surface area (TPSA) is 76.8 Å². The van der Waals surface area contributed by atoms with Gasteiger partial charge in [-0.25, -0.2) is 9.67 Å². The van der Waals surface area contributed by atoms with Crippen molar-refractivity contribution in [2.75, 3.05) is 4.90 Å². The van der Waals surface area contributed by atoms with E-state index < -0.39 is 0 Å². The lowest BCUT2D eigenvalue weighted by atomic mass is 9.96. The second-order valence-corrected chi connectivity index (χ2v) is 9.22. The van der Waals surface area contributed by atoms with Gasteiger partial charge in [-0.2, -0.15) is 0 Å². The van der Waals surface area contributed by atoms with Crippen molar-refractivity contribution in [1.29, 1.82) is 0 Å². The number of aromatic nitrogens is 5. The Labute approximate surface area is 184 Å². The lowest BCUT2D eigenvalue weighted by molar-refractivity contribution is -0.115. The molecule has 0 radical (unpaired) electrons. The fraction of sp³-hybridized carbons (Fsp3) is 0.476. The van der Waals surface area contributed by atoms with E-state index in [1.807, 2.05) is 28.3 Å². The van der Waals surface area contributed by atoms with Crippen LogP contribution in [0.15, 0.2) is 34.8 Å². The van der Waals surface area contributed by atoms with Crippen LogP contribution >= 0.6 is 23.1 Å². The van der Waals surface area contributed by atoms with Crippen LogP contribution in [0.4, 0.5) is 10.8 Å². The first-order valence-corrected chi connectivity index (χ1v) is 12.3. The van der Waals surface area contributed by atoms with Crippen molar-refractivity contribution in [2.45, 2.75) is 69.3 Å². The van der Waals surface area contributed by atoms with Gasteiger partial charge in [0.25, 0.3) is 0 Å². The molecule has 2 heterocycles. The Morgan fingerprint density at radius 2 is 2.07 bits per heavy atom. The predicted octanol–water partition coefficient (Wildman–Crippen LogP) is 5.17. The van der Waals surface area contributed by atoms with Gasteiger partial charge in [0.1, 0.15) is 0 Å². The molecular formula is C21H26N6OS2. The monoisotopic (exact) mass is 442 g/mol. The Morgan fingerprint density at radius 1 is 1.27 bits per heavy atom. The molecule has 3 aromatic rings. The number of hydrogen-bond donors (Lipinski definition) is 0. The highest BCUT2D eigenvalue weighted by Crippen LogP contribution is 2.34. The molecule has 1 amide bonds. The third-order valence-corrected chi connectivity index (χ3v) is 7.23. The first-order chi connectivity index (χ1) is 14.7. The van der Waals surface area contributed by atoms with Crippen molar-refractivity contribution in [3.63, 3.8) is 0 Å². The van der Waals surface area contributed by atoms with Gasteiger partial charge in [0.2, 0.25) is 11.1 Å². The number of anilines is 2. The second-order valence-electron chi connectivity index (χ2n) is 7.44. The quantitative estimate of drug-likeness (QED) is 0.470. The summed E-state index contributed by atoms with van der Waals surface area (Å²) in [6.45, 7) is 3.68. The van der Waals surface area contributed by atoms with Crippen LogP contribution in [-0.4, -0.2) is 31.1 Å². The zero-order valence-electron chi connectivity index (χ0n) is 17.3. The van der Waals surface area contributed by atoms with Crippen molar-refractivity contribution in [1.82, 2.24) is 25.2 Å². The van der Waals surface area contributed by atoms with E-state index in [2.05, 4.69) is 28.5 Å². The number of thioether (sulfide) groups is 1. The van der Waals surface area contributed by atoms with Gasteiger partial charge >= 0.3 is 0 Å². The zero-order chi connectivity index (χ0) is 20.9. The Kier molecular flexibility index (Phi) is 6.79. The van der Waals surface area contributed by atoms with Gasteiger partial charge in [-0.05, 0) is 41.3 Å². The van der Waals surface area contributed by atoms with Gasteiger partial charge in [0.05, 0.1) is 17.4 Å². The van der Waals surface area contributed by atoms with Gasteiger partial charge in [-0.15, -0.1) is 16.4 Å². The highest BCUT2D eigenvalue weighted by atomic mass is 32.2. The van der Waals surface area contributed by atoms with Crippen LogP contribution in [0.1, 0.15) is 63.3 Å². The molecule has 1 aromatic carbocycles. The average Bonchev–Trinajstić information content (AvgIpc) is 3.43. The third-order valence-electron chi connectivity index (χ3n) is 5.39. The number of thiazole rings is 1. The molecule has 7 nitrogen and oxygen atoms in total.